The number of rotatable bonds is 8. The summed E-state index contributed by atoms with van der Waals surface area (Å²) in [4.78, 5) is 4.32. The molecule has 0 bridgehead atoms. The summed E-state index contributed by atoms with van der Waals surface area (Å²) in [7, 11) is 1.12. The molecular weight excluding hydrogens is 338 g/mol. The molecule has 0 radical (unpaired) electrons. The molecule has 2 N–H and O–H groups in total. The lowest BCUT2D eigenvalue weighted by molar-refractivity contribution is -0.0320. The Morgan fingerprint density at radius 3 is 2.80 bits per heavy atom. The zero-order chi connectivity index (χ0) is 17.9. The molecule has 1 aliphatic heterocycles. The average Bonchev–Trinajstić information content (AvgIpc) is 2.67. The van der Waals surface area contributed by atoms with Crippen molar-refractivity contribution >= 4 is 16.8 Å². The quantitative estimate of drug-likeness (QED) is 0.386. The minimum absolute atomic E-state index is 0.335. The van der Waals surface area contributed by atoms with E-state index < -0.39 is 10.8 Å². The van der Waals surface area contributed by atoms with Crippen molar-refractivity contribution in [3.05, 3.63) is 0 Å². The Balaban J connectivity index is 1.60. The first-order valence-electron chi connectivity index (χ1n) is 9.76. The molecule has 0 aromatic carbocycles. The van der Waals surface area contributed by atoms with Gasteiger partial charge in [-0.2, -0.15) is 0 Å². The molecule has 25 heavy (non-hydrogen) atoms. The third-order valence-electron chi connectivity index (χ3n) is 4.98. The van der Waals surface area contributed by atoms with Crippen LogP contribution in [0.25, 0.3) is 0 Å². The van der Waals surface area contributed by atoms with Crippen LogP contribution in [0.5, 0.6) is 0 Å². The molecule has 1 saturated carbocycles. The topological polar surface area (TPSA) is 72.0 Å². The highest BCUT2D eigenvalue weighted by Crippen LogP contribution is 2.22. The van der Waals surface area contributed by atoms with Gasteiger partial charge in [0.15, 0.2) is 5.96 Å². The number of hydrogen-bond donors (Lipinski definition) is 2. The summed E-state index contributed by atoms with van der Waals surface area (Å²) in [5.41, 5.74) is 0. The normalized spacial score (nSPS) is 27.0. The van der Waals surface area contributed by atoms with E-state index in [9.17, 15) is 4.21 Å². The molecule has 6 nitrogen and oxygen atoms in total. The minimum atomic E-state index is -0.687. The first kappa shape index (κ1) is 20.6. The van der Waals surface area contributed by atoms with Gasteiger partial charge >= 0.3 is 0 Å². The van der Waals surface area contributed by atoms with Crippen molar-refractivity contribution in [3.63, 3.8) is 0 Å². The Morgan fingerprint density at radius 2 is 2.08 bits per heavy atom. The molecule has 7 heteroatoms. The maximum atomic E-state index is 12.1. The number of nitrogens with one attached hydrogen (secondary N) is 2. The fourth-order valence-corrected chi connectivity index (χ4v) is 4.86. The second-order valence-corrected chi connectivity index (χ2v) is 8.84. The standard InChI is InChI=1S/C18H35N3O3S/c1-3-25(22)17-7-4-6-15(14-17)21-18(19-2)20-10-5-11-24-16-8-12-23-13-9-16/h15-17H,3-14H2,1-2H3,(H2,19,20,21). The maximum Gasteiger partial charge on any atom is 0.191 e. The Bertz CT molecular complexity index is 428. The summed E-state index contributed by atoms with van der Waals surface area (Å²) >= 11 is 0. The zero-order valence-corrected chi connectivity index (χ0v) is 16.6. The second-order valence-electron chi connectivity index (χ2n) is 6.83. The van der Waals surface area contributed by atoms with E-state index >= 15 is 0 Å². The largest absolute Gasteiger partial charge is 0.381 e. The van der Waals surface area contributed by atoms with Crippen LogP contribution in [-0.4, -0.2) is 66.7 Å². The molecule has 0 aromatic heterocycles. The average molecular weight is 374 g/mol. The van der Waals surface area contributed by atoms with Gasteiger partial charge in [-0.3, -0.25) is 9.20 Å². The van der Waals surface area contributed by atoms with E-state index in [-0.39, 0.29) is 0 Å². The van der Waals surface area contributed by atoms with Crippen molar-refractivity contribution in [2.45, 2.75) is 69.3 Å². The maximum absolute atomic E-state index is 12.1. The molecule has 0 aromatic rings. The second kappa shape index (κ2) is 11.9. The van der Waals surface area contributed by atoms with Gasteiger partial charge < -0.3 is 20.1 Å². The van der Waals surface area contributed by atoms with Crippen LogP contribution < -0.4 is 10.6 Å². The highest BCUT2D eigenvalue weighted by atomic mass is 32.2. The molecule has 0 amide bonds. The van der Waals surface area contributed by atoms with Crippen molar-refractivity contribution in [2.24, 2.45) is 4.99 Å². The summed E-state index contributed by atoms with van der Waals surface area (Å²) in [5, 5.41) is 7.21. The van der Waals surface area contributed by atoms with Gasteiger partial charge in [-0.1, -0.05) is 13.3 Å². The third-order valence-corrected chi connectivity index (χ3v) is 6.72. The van der Waals surface area contributed by atoms with Crippen LogP contribution in [0.15, 0.2) is 4.99 Å². The van der Waals surface area contributed by atoms with Crippen molar-refractivity contribution in [3.8, 4) is 0 Å². The van der Waals surface area contributed by atoms with Crippen LogP contribution in [0.4, 0.5) is 0 Å². The number of nitrogens with zero attached hydrogens (tertiary/aromatic N) is 1. The molecule has 146 valence electrons. The van der Waals surface area contributed by atoms with Gasteiger partial charge in [-0.25, -0.2) is 0 Å². The van der Waals surface area contributed by atoms with Crippen LogP contribution >= 0.6 is 0 Å². The Hall–Kier alpha value is -0.660. The van der Waals surface area contributed by atoms with Crippen LogP contribution in [0.2, 0.25) is 0 Å². The molecule has 2 aliphatic rings. The molecule has 1 heterocycles. The van der Waals surface area contributed by atoms with E-state index in [1.165, 1.54) is 0 Å². The minimum Gasteiger partial charge on any atom is -0.381 e. The van der Waals surface area contributed by atoms with Crippen LogP contribution in [0.3, 0.4) is 0 Å². The SMILES string of the molecule is CCS(=O)C1CCCC(NC(=NC)NCCCOC2CCOCC2)C1. The van der Waals surface area contributed by atoms with E-state index in [0.29, 0.717) is 17.4 Å². The van der Waals surface area contributed by atoms with E-state index in [2.05, 4.69) is 15.6 Å². The van der Waals surface area contributed by atoms with Gasteiger partial charge in [0.1, 0.15) is 0 Å². The van der Waals surface area contributed by atoms with Crippen molar-refractivity contribution in [1.29, 1.82) is 0 Å². The summed E-state index contributed by atoms with van der Waals surface area (Å²) in [6, 6.07) is 0.374. The van der Waals surface area contributed by atoms with Gasteiger partial charge in [-0.15, -0.1) is 0 Å². The van der Waals surface area contributed by atoms with E-state index in [4.69, 9.17) is 9.47 Å². The lowest BCUT2D eigenvalue weighted by Crippen LogP contribution is -2.47. The Labute approximate surface area is 155 Å². The van der Waals surface area contributed by atoms with E-state index in [1.807, 2.05) is 6.92 Å². The number of hydrogen-bond acceptors (Lipinski definition) is 4. The summed E-state index contributed by atoms with van der Waals surface area (Å²) in [6.45, 7) is 5.28. The number of guanidine groups is 1. The summed E-state index contributed by atoms with van der Waals surface area (Å²) in [6.07, 6.45) is 7.70. The van der Waals surface area contributed by atoms with Gasteiger partial charge in [0.05, 0.1) is 6.10 Å². The van der Waals surface area contributed by atoms with Crippen LogP contribution in [0, 0.1) is 0 Å². The predicted octanol–water partition coefficient (Wildman–Crippen LogP) is 1.82. The van der Waals surface area contributed by atoms with Gasteiger partial charge in [0, 0.05) is 61.3 Å². The molecule has 2 rings (SSSR count). The zero-order valence-electron chi connectivity index (χ0n) is 15.8. The van der Waals surface area contributed by atoms with Crippen molar-refractivity contribution in [2.75, 3.05) is 39.2 Å². The highest BCUT2D eigenvalue weighted by molar-refractivity contribution is 7.85. The van der Waals surface area contributed by atoms with Gasteiger partial charge in [0.25, 0.3) is 0 Å². The summed E-state index contributed by atoms with van der Waals surface area (Å²) < 4.78 is 23.3. The summed E-state index contributed by atoms with van der Waals surface area (Å²) in [5.74, 6) is 1.61. The molecule has 1 saturated heterocycles. The van der Waals surface area contributed by atoms with Crippen molar-refractivity contribution in [1.82, 2.24) is 10.6 Å². The highest BCUT2D eigenvalue weighted by Gasteiger charge is 2.26. The monoisotopic (exact) mass is 373 g/mol. The number of ether oxygens (including phenoxy) is 2. The fraction of sp³-hybridized carbons (Fsp3) is 0.944. The van der Waals surface area contributed by atoms with Crippen LogP contribution in [0.1, 0.15) is 51.9 Å². The first-order valence-corrected chi connectivity index (χ1v) is 11.1. The lowest BCUT2D eigenvalue weighted by atomic mass is 9.95. The predicted molar refractivity (Wildman–Crippen MR) is 104 cm³/mol. The van der Waals surface area contributed by atoms with Crippen molar-refractivity contribution < 1.29 is 13.7 Å². The molecule has 3 atom stereocenters. The lowest BCUT2D eigenvalue weighted by Gasteiger charge is -2.30. The van der Waals surface area contributed by atoms with Crippen LogP contribution in [-0.2, 0) is 20.3 Å². The fourth-order valence-electron chi connectivity index (χ4n) is 3.51. The smallest absolute Gasteiger partial charge is 0.191 e. The molecule has 0 spiro atoms. The van der Waals surface area contributed by atoms with E-state index in [0.717, 1.165) is 83.0 Å². The molecule has 2 fully saturated rings. The Kier molecular flexibility index (Phi) is 9.80. The van der Waals surface area contributed by atoms with E-state index in [1.54, 1.807) is 7.05 Å². The Morgan fingerprint density at radius 1 is 1.28 bits per heavy atom. The third kappa shape index (κ3) is 7.62. The molecular formula is C18H35N3O3S. The van der Waals surface area contributed by atoms with Gasteiger partial charge in [0.2, 0.25) is 0 Å². The molecule has 3 unspecified atom stereocenters. The first-order chi connectivity index (χ1) is 12.2. The molecule has 1 aliphatic carbocycles. The number of aliphatic imine (C=N–C) groups is 1. The van der Waals surface area contributed by atoms with Gasteiger partial charge in [-0.05, 0) is 38.5 Å².